The fourth-order valence-electron chi connectivity index (χ4n) is 1.56. The molecule has 1 heterocycles. The van der Waals surface area contributed by atoms with Gasteiger partial charge in [0.15, 0.2) is 0 Å². The quantitative estimate of drug-likeness (QED) is 0.673. The molecule has 0 aliphatic carbocycles. The topological polar surface area (TPSA) is 67.8 Å². The first-order chi connectivity index (χ1) is 6.69. The second-order valence-corrected chi connectivity index (χ2v) is 3.40. The Bertz CT molecular complexity index is 197. The Morgan fingerprint density at radius 1 is 1.79 bits per heavy atom. The van der Waals surface area contributed by atoms with Gasteiger partial charge in [-0.2, -0.15) is 0 Å². The zero-order chi connectivity index (χ0) is 10.6. The van der Waals surface area contributed by atoms with Crippen LogP contribution in [-0.2, 0) is 9.47 Å². The van der Waals surface area contributed by atoms with Gasteiger partial charge in [0.1, 0.15) is 12.7 Å². The summed E-state index contributed by atoms with van der Waals surface area (Å²) in [6, 6.07) is -0.348. The Hall–Kier alpha value is -0.810. The van der Waals surface area contributed by atoms with Gasteiger partial charge in [0.25, 0.3) is 0 Å². The minimum atomic E-state index is -0.702. The molecule has 82 valence electrons. The standard InChI is InChI=1S/C9H17NO4/c1-3-4-7(13-2)8(11)6-5-14-9(12)10-6/h6-8,11H,3-5H2,1-2H3,(H,10,12)/t6-,7-,8-/m1/s1. The van der Waals surface area contributed by atoms with E-state index in [4.69, 9.17) is 9.47 Å². The fourth-order valence-corrected chi connectivity index (χ4v) is 1.56. The van der Waals surface area contributed by atoms with E-state index < -0.39 is 12.2 Å². The van der Waals surface area contributed by atoms with Gasteiger partial charge in [-0.25, -0.2) is 4.79 Å². The molecule has 0 spiro atoms. The Morgan fingerprint density at radius 3 is 2.93 bits per heavy atom. The maximum atomic E-state index is 10.7. The Balaban J connectivity index is 2.45. The van der Waals surface area contributed by atoms with Crippen LogP contribution in [0.1, 0.15) is 19.8 Å². The van der Waals surface area contributed by atoms with Crippen LogP contribution in [0.5, 0.6) is 0 Å². The third-order valence-corrected chi connectivity index (χ3v) is 2.37. The molecule has 1 rings (SSSR count). The highest BCUT2D eigenvalue weighted by molar-refractivity contribution is 5.69. The molecule has 0 aromatic rings. The van der Waals surface area contributed by atoms with Crippen LogP contribution >= 0.6 is 0 Å². The van der Waals surface area contributed by atoms with Gasteiger partial charge in [-0.15, -0.1) is 0 Å². The molecule has 5 nitrogen and oxygen atoms in total. The van der Waals surface area contributed by atoms with Crippen LogP contribution < -0.4 is 5.32 Å². The monoisotopic (exact) mass is 203 g/mol. The van der Waals surface area contributed by atoms with Crippen molar-refractivity contribution in [1.82, 2.24) is 5.32 Å². The summed E-state index contributed by atoms with van der Waals surface area (Å²) < 4.78 is 9.84. The van der Waals surface area contributed by atoms with Crippen molar-refractivity contribution in [1.29, 1.82) is 0 Å². The second-order valence-electron chi connectivity index (χ2n) is 3.40. The largest absolute Gasteiger partial charge is 0.447 e. The molecular formula is C9H17NO4. The number of ether oxygens (including phenoxy) is 2. The lowest BCUT2D eigenvalue weighted by Gasteiger charge is -2.24. The average molecular weight is 203 g/mol. The van der Waals surface area contributed by atoms with E-state index in [1.807, 2.05) is 6.92 Å². The Kier molecular flexibility index (Phi) is 4.16. The first-order valence-electron chi connectivity index (χ1n) is 4.83. The maximum Gasteiger partial charge on any atom is 0.407 e. The number of carbonyl (C=O) groups is 1. The van der Waals surface area contributed by atoms with Crippen molar-refractivity contribution in [3.63, 3.8) is 0 Å². The Morgan fingerprint density at radius 2 is 2.50 bits per heavy atom. The van der Waals surface area contributed by atoms with Crippen molar-refractivity contribution in [2.75, 3.05) is 13.7 Å². The third kappa shape index (κ3) is 2.59. The number of rotatable bonds is 5. The summed E-state index contributed by atoms with van der Waals surface area (Å²) in [5.74, 6) is 0. The summed E-state index contributed by atoms with van der Waals surface area (Å²) in [5, 5.41) is 12.4. The van der Waals surface area contributed by atoms with Crippen LogP contribution in [0.2, 0.25) is 0 Å². The molecule has 3 atom stereocenters. The molecule has 1 saturated heterocycles. The number of alkyl carbamates (subject to hydrolysis) is 1. The molecule has 0 aromatic heterocycles. The van der Waals surface area contributed by atoms with E-state index in [0.29, 0.717) is 0 Å². The zero-order valence-corrected chi connectivity index (χ0v) is 8.53. The minimum absolute atomic E-state index is 0.212. The van der Waals surface area contributed by atoms with E-state index in [0.717, 1.165) is 12.8 Å². The van der Waals surface area contributed by atoms with Gasteiger partial charge in [-0.1, -0.05) is 13.3 Å². The van der Waals surface area contributed by atoms with Crippen molar-refractivity contribution in [3.05, 3.63) is 0 Å². The molecule has 0 radical (unpaired) electrons. The highest BCUT2D eigenvalue weighted by Crippen LogP contribution is 2.13. The number of hydrogen-bond acceptors (Lipinski definition) is 4. The number of aliphatic hydroxyl groups is 1. The summed E-state index contributed by atoms with van der Waals surface area (Å²) in [4.78, 5) is 10.7. The summed E-state index contributed by atoms with van der Waals surface area (Å²) in [6.07, 6.45) is 0.278. The zero-order valence-electron chi connectivity index (χ0n) is 8.53. The number of carbonyl (C=O) groups excluding carboxylic acids is 1. The predicted molar refractivity (Wildman–Crippen MR) is 50.0 cm³/mol. The van der Waals surface area contributed by atoms with E-state index >= 15 is 0 Å². The van der Waals surface area contributed by atoms with Crippen LogP contribution in [-0.4, -0.2) is 43.2 Å². The first-order valence-corrected chi connectivity index (χ1v) is 4.83. The lowest BCUT2D eigenvalue weighted by molar-refractivity contribution is -0.0325. The van der Waals surface area contributed by atoms with E-state index in [2.05, 4.69) is 5.32 Å². The molecule has 1 aliphatic heterocycles. The molecule has 1 fully saturated rings. The van der Waals surface area contributed by atoms with Gasteiger partial charge < -0.3 is 19.9 Å². The van der Waals surface area contributed by atoms with Crippen LogP contribution in [0.25, 0.3) is 0 Å². The number of methoxy groups -OCH3 is 1. The van der Waals surface area contributed by atoms with Crippen LogP contribution in [0.3, 0.4) is 0 Å². The third-order valence-electron chi connectivity index (χ3n) is 2.37. The summed E-state index contributed by atoms with van der Waals surface area (Å²) >= 11 is 0. The molecule has 2 N–H and O–H groups in total. The molecule has 5 heteroatoms. The van der Waals surface area contributed by atoms with Crippen LogP contribution in [0, 0.1) is 0 Å². The smallest absolute Gasteiger partial charge is 0.407 e. The Labute approximate surface area is 83.4 Å². The number of amides is 1. The number of aliphatic hydroxyl groups excluding tert-OH is 1. The summed E-state index contributed by atoms with van der Waals surface area (Å²) in [6.45, 7) is 2.23. The van der Waals surface area contributed by atoms with E-state index in [1.165, 1.54) is 0 Å². The predicted octanol–water partition coefficient (Wildman–Crippen LogP) is 0.271. The molecule has 0 bridgehead atoms. The second kappa shape index (κ2) is 5.17. The summed E-state index contributed by atoms with van der Waals surface area (Å²) in [5.41, 5.74) is 0. The summed E-state index contributed by atoms with van der Waals surface area (Å²) in [7, 11) is 1.56. The number of hydrogen-bond donors (Lipinski definition) is 2. The van der Waals surface area contributed by atoms with Gasteiger partial charge >= 0.3 is 6.09 Å². The molecule has 1 amide bonds. The van der Waals surface area contributed by atoms with Crippen LogP contribution in [0.15, 0.2) is 0 Å². The fraction of sp³-hybridized carbons (Fsp3) is 0.889. The lowest BCUT2D eigenvalue weighted by Crippen LogP contribution is -2.45. The number of cyclic esters (lactones) is 1. The molecule has 1 aliphatic rings. The minimum Gasteiger partial charge on any atom is -0.447 e. The van der Waals surface area contributed by atoms with Crippen molar-refractivity contribution >= 4 is 6.09 Å². The molecule has 0 unspecified atom stereocenters. The molecule has 0 saturated carbocycles. The average Bonchev–Trinajstić information content (AvgIpc) is 2.60. The highest BCUT2D eigenvalue weighted by Gasteiger charge is 2.33. The van der Waals surface area contributed by atoms with Gasteiger partial charge in [0.05, 0.1) is 12.1 Å². The van der Waals surface area contributed by atoms with Gasteiger partial charge in [0, 0.05) is 7.11 Å². The van der Waals surface area contributed by atoms with E-state index in [-0.39, 0.29) is 18.8 Å². The van der Waals surface area contributed by atoms with Gasteiger partial charge in [0.2, 0.25) is 0 Å². The van der Waals surface area contributed by atoms with Crippen molar-refractivity contribution in [2.24, 2.45) is 0 Å². The molecule has 0 aromatic carbocycles. The normalized spacial score (nSPS) is 25.4. The van der Waals surface area contributed by atoms with Crippen molar-refractivity contribution < 1.29 is 19.4 Å². The van der Waals surface area contributed by atoms with E-state index in [9.17, 15) is 9.90 Å². The number of nitrogens with one attached hydrogen (secondary N) is 1. The van der Waals surface area contributed by atoms with Gasteiger partial charge in [-0.3, -0.25) is 0 Å². The molecular weight excluding hydrogens is 186 g/mol. The van der Waals surface area contributed by atoms with Crippen LogP contribution in [0.4, 0.5) is 4.79 Å². The van der Waals surface area contributed by atoms with Crippen molar-refractivity contribution in [2.45, 2.75) is 38.0 Å². The maximum absolute atomic E-state index is 10.7. The molecule has 14 heavy (non-hydrogen) atoms. The van der Waals surface area contributed by atoms with Crippen molar-refractivity contribution in [3.8, 4) is 0 Å². The first kappa shape index (κ1) is 11.3. The highest BCUT2D eigenvalue weighted by atomic mass is 16.6. The van der Waals surface area contributed by atoms with Gasteiger partial charge in [-0.05, 0) is 6.42 Å². The van der Waals surface area contributed by atoms with E-state index in [1.54, 1.807) is 7.11 Å². The lowest BCUT2D eigenvalue weighted by atomic mass is 10.0. The SMILES string of the molecule is CCC[C@@H](OC)[C@H](O)[C@H]1COC(=O)N1.